The van der Waals surface area contributed by atoms with Crippen molar-refractivity contribution < 1.29 is 27.1 Å². The third kappa shape index (κ3) is 5.48. The summed E-state index contributed by atoms with van der Waals surface area (Å²) < 4.78 is 51.5. The maximum Gasteiger partial charge on any atom is 0.319 e. The van der Waals surface area contributed by atoms with Crippen LogP contribution in [0.5, 0.6) is 5.75 Å². The fourth-order valence-corrected chi connectivity index (χ4v) is 6.39. The number of likely N-dealkylation sites (tertiary alicyclic amines) is 1. The Bertz CT molecular complexity index is 963. The van der Waals surface area contributed by atoms with Gasteiger partial charge in [0.25, 0.3) is 6.43 Å². The molecule has 0 aromatic heterocycles. The third-order valence-corrected chi connectivity index (χ3v) is 8.52. The minimum Gasteiger partial charge on any atom is -0.504 e. The summed E-state index contributed by atoms with van der Waals surface area (Å²) in [6, 6.07) is 1.95. The van der Waals surface area contributed by atoms with Gasteiger partial charge >= 0.3 is 6.03 Å². The fourth-order valence-electron chi connectivity index (χ4n) is 4.03. The Morgan fingerprint density at radius 3 is 2.55 bits per heavy atom. The summed E-state index contributed by atoms with van der Waals surface area (Å²) in [5, 5.41) is 14.9. The molecule has 1 aromatic carbocycles. The van der Waals surface area contributed by atoms with Gasteiger partial charge in [-0.1, -0.05) is 23.3 Å². The number of amides is 2. The van der Waals surface area contributed by atoms with Crippen molar-refractivity contribution in [2.45, 2.75) is 55.2 Å². The van der Waals surface area contributed by atoms with Crippen LogP contribution in [0.3, 0.4) is 0 Å². The van der Waals surface area contributed by atoms with E-state index in [4.69, 9.17) is 11.6 Å². The van der Waals surface area contributed by atoms with E-state index in [9.17, 15) is 27.1 Å². The lowest BCUT2D eigenvalue weighted by Crippen LogP contribution is -2.41. The monoisotopic (exact) mass is 477 g/mol. The average molecular weight is 478 g/mol. The second-order valence-electron chi connectivity index (χ2n) is 7.89. The zero-order chi connectivity index (χ0) is 22.8. The van der Waals surface area contributed by atoms with E-state index in [0.717, 1.165) is 18.4 Å². The summed E-state index contributed by atoms with van der Waals surface area (Å²) in [7, 11) is -4.04. The van der Waals surface area contributed by atoms with E-state index >= 15 is 0 Å². The highest BCUT2D eigenvalue weighted by Crippen LogP contribution is 2.40. The molecule has 1 unspecified atom stereocenters. The number of piperidine rings is 1. The number of urea groups is 1. The van der Waals surface area contributed by atoms with Crippen LogP contribution in [0.25, 0.3) is 0 Å². The van der Waals surface area contributed by atoms with Crippen molar-refractivity contribution >= 4 is 33.2 Å². The number of carbonyl (C=O) groups is 1. The van der Waals surface area contributed by atoms with Gasteiger partial charge in [-0.05, 0) is 57.8 Å². The largest absolute Gasteiger partial charge is 0.504 e. The molecular formula is C20H26ClF2N3O4S. The SMILES string of the molecule is CC1=CCCC1NC(=O)Nc1ccc(Cl)c(S(=O)(=O)C2CCN(CC(F)F)CC2)c1O. The number of aromatic hydroxyl groups is 1. The van der Waals surface area contributed by atoms with Gasteiger partial charge in [0.2, 0.25) is 0 Å². The molecule has 2 amide bonds. The molecule has 7 nitrogen and oxygen atoms in total. The smallest absolute Gasteiger partial charge is 0.319 e. The number of hydrogen-bond acceptors (Lipinski definition) is 5. The molecule has 0 radical (unpaired) electrons. The van der Waals surface area contributed by atoms with Gasteiger partial charge in [-0.25, -0.2) is 22.0 Å². The van der Waals surface area contributed by atoms with Crippen molar-refractivity contribution in [3.63, 3.8) is 0 Å². The molecule has 0 spiro atoms. The van der Waals surface area contributed by atoms with Crippen molar-refractivity contribution in [3.05, 3.63) is 28.8 Å². The Morgan fingerprint density at radius 2 is 1.97 bits per heavy atom. The Balaban J connectivity index is 1.75. The standard InChI is InChI=1S/C20H26ClF2N3O4S/c1-12-3-2-4-15(12)24-20(28)25-16-6-5-14(21)19(18(16)27)31(29,30)13-7-9-26(10-8-13)11-17(22)23/h3,5-6,13,15,17,27H,2,4,7-11H2,1H3,(H2,24,25,28). The van der Waals surface area contributed by atoms with E-state index in [2.05, 4.69) is 10.6 Å². The van der Waals surface area contributed by atoms with Gasteiger partial charge < -0.3 is 15.7 Å². The lowest BCUT2D eigenvalue weighted by molar-refractivity contribution is 0.0792. The molecule has 31 heavy (non-hydrogen) atoms. The first-order valence-corrected chi connectivity index (χ1v) is 12.0. The molecular weight excluding hydrogens is 452 g/mol. The van der Waals surface area contributed by atoms with E-state index in [1.807, 2.05) is 13.0 Å². The van der Waals surface area contributed by atoms with Crippen LogP contribution < -0.4 is 10.6 Å². The van der Waals surface area contributed by atoms with E-state index in [0.29, 0.717) is 0 Å². The Kier molecular flexibility index (Phi) is 7.43. The number of sulfone groups is 1. The number of benzene rings is 1. The number of hydrogen-bond donors (Lipinski definition) is 3. The number of rotatable bonds is 6. The van der Waals surface area contributed by atoms with Crippen LogP contribution in [0.2, 0.25) is 5.02 Å². The number of anilines is 1. The van der Waals surface area contributed by atoms with E-state index < -0.39 is 44.7 Å². The van der Waals surface area contributed by atoms with Gasteiger partial charge in [0, 0.05) is 0 Å². The van der Waals surface area contributed by atoms with Crippen LogP contribution >= 0.6 is 11.6 Å². The van der Waals surface area contributed by atoms with E-state index in [1.165, 1.54) is 17.0 Å². The molecule has 3 N–H and O–H groups in total. The highest BCUT2D eigenvalue weighted by molar-refractivity contribution is 7.92. The predicted octanol–water partition coefficient (Wildman–Crippen LogP) is 3.78. The molecule has 2 aliphatic rings. The van der Waals surface area contributed by atoms with Crippen LogP contribution in [0.1, 0.15) is 32.6 Å². The van der Waals surface area contributed by atoms with Crippen LogP contribution in [0, 0.1) is 0 Å². The van der Waals surface area contributed by atoms with Gasteiger partial charge in [-0.15, -0.1) is 0 Å². The number of carbonyl (C=O) groups excluding carboxylic acids is 1. The quantitative estimate of drug-likeness (QED) is 0.428. The maximum atomic E-state index is 13.2. The zero-order valence-electron chi connectivity index (χ0n) is 17.1. The van der Waals surface area contributed by atoms with Gasteiger partial charge in [-0.2, -0.15) is 0 Å². The van der Waals surface area contributed by atoms with Crippen molar-refractivity contribution in [1.29, 1.82) is 0 Å². The van der Waals surface area contributed by atoms with Crippen LogP contribution in [0.4, 0.5) is 19.3 Å². The number of phenolic OH excluding ortho intramolecular Hbond substituents is 1. The third-order valence-electron chi connectivity index (χ3n) is 5.76. The fraction of sp³-hybridized carbons (Fsp3) is 0.550. The molecule has 0 saturated carbocycles. The van der Waals surface area contributed by atoms with Crippen molar-refractivity contribution in [2.75, 3.05) is 25.0 Å². The molecule has 172 valence electrons. The molecule has 1 aromatic rings. The summed E-state index contributed by atoms with van der Waals surface area (Å²) in [6.07, 6.45) is 1.48. The number of phenols is 1. The first-order valence-electron chi connectivity index (χ1n) is 10.1. The average Bonchev–Trinajstić information content (AvgIpc) is 3.08. The van der Waals surface area contributed by atoms with Crippen LogP contribution in [-0.2, 0) is 9.84 Å². The van der Waals surface area contributed by atoms with Crippen LogP contribution in [-0.4, -0.2) is 61.8 Å². The number of nitrogens with one attached hydrogen (secondary N) is 2. The minimum absolute atomic E-state index is 0.0739. The lowest BCUT2D eigenvalue weighted by Gasteiger charge is -2.31. The summed E-state index contributed by atoms with van der Waals surface area (Å²) in [5.74, 6) is -0.628. The highest BCUT2D eigenvalue weighted by atomic mass is 35.5. The molecule has 11 heteroatoms. The highest BCUT2D eigenvalue weighted by Gasteiger charge is 2.36. The molecule has 1 aliphatic heterocycles. The Labute approximate surface area is 185 Å². The molecule has 1 aliphatic carbocycles. The Hall–Kier alpha value is -1.91. The first kappa shape index (κ1) is 23.7. The second-order valence-corrected chi connectivity index (χ2v) is 10.5. The minimum atomic E-state index is -4.04. The summed E-state index contributed by atoms with van der Waals surface area (Å²) in [4.78, 5) is 13.4. The lowest BCUT2D eigenvalue weighted by atomic mass is 10.1. The zero-order valence-corrected chi connectivity index (χ0v) is 18.6. The van der Waals surface area contributed by atoms with E-state index in [1.54, 1.807) is 0 Å². The molecule has 3 rings (SSSR count). The first-order chi connectivity index (χ1) is 14.6. The molecule has 0 bridgehead atoms. The van der Waals surface area contributed by atoms with Crippen LogP contribution in [0.15, 0.2) is 28.7 Å². The van der Waals surface area contributed by atoms with E-state index in [-0.39, 0.29) is 42.7 Å². The van der Waals surface area contributed by atoms with Crippen molar-refractivity contribution in [2.24, 2.45) is 0 Å². The normalized spacial score (nSPS) is 20.7. The molecule has 1 saturated heterocycles. The number of allylic oxidation sites excluding steroid dienone is 1. The van der Waals surface area contributed by atoms with Gasteiger partial charge in [0.05, 0.1) is 28.5 Å². The molecule has 1 fully saturated rings. The van der Waals surface area contributed by atoms with Gasteiger partial charge in [-0.3, -0.25) is 4.90 Å². The molecule has 1 atom stereocenters. The predicted molar refractivity (Wildman–Crippen MR) is 115 cm³/mol. The number of nitrogens with zero attached hydrogens (tertiary/aromatic N) is 1. The topological polar surface area (TPSA) is 98.7 Å². The maximum absolute atomic E-state index is 13.2. The summed E-state index contributed by atoms with van der Waals surface area (Å²) >= 11 is 6.11. The Morgan fingerprint density at radius 1 is 1.29 bits per heavy atom. The van der Waals surface area contributed by atoms with Gasteiger partial charge in [0.15, 0.2) is 15.6 Å². The summed E-state index contributed by atoms with van der Waals surface area (Å²) in [5.41, 5.74) is 0.965. The van der Waals surface area contributed by atoms with Gasteiger partial charge in [0.1, 0.15) is 4.90 Å². The van der Waals surface area contributed by atoms with Crippen molar-refractivity contribution in [1.82, 2.24) is 10.2 Å². The van der Waals surface area contributed by atoms with Crippen molar-refractivity contribution in [3.8, 4) is 5.75 Å². The molecule has 1 heterocycles. The number of alkyl halides is 2. The second kappa shape index (κ2) is 9.70. The summed E-state index contributed by atoms with van der Waals surface area (Å²) in [6.45, 7) is 1.93. The number of halogens is 3.